The summed E-state index contributed by atoms with van der Waals surface area (Å²) in [5.41, 5.74) is 0.557. The smallest absolute Gasteiger partial charge is 0.325 e. The number of hydrogen-bond donors (Lipinski definition) is 1. The Labute approximate surface area is 120 Å². The molecule has 1 unspecified atom stereocenters. The largest absolute Gasteiger partial charge is 0.468 e. The maximum Gasteiger partial charge on any atom is 0.325 e. The molecule has 1 N–H and O–H groups in total. The molecule has 0 aliphatic carbocycles. The van der Waals surface area contributed by atoms with Gasteiger partial charge in [-0.05, 0) is 12.5 Å². The van der Waals surface area contributed by atoms with E-state index in [1.54, 1.807) is 6.92 Å². The van der Waals surface area contributed by atoms with Gasteiger partial charge in [-0.25, -0.2) is 0 Å². The van der Waals surface area contributed by atoms with Gasteiger partial charge in [-0.3, -0.25) is 19.7 Å². The molecule has 0 spiro atoms. The van der Waals surface area contributed by atoms with E-state index in [0.29, 0.717) is 5.56 Å². The lowest BCUT2D eigenvalue weighted by atomic mass is 10.1. The van der Waals surface area contributed by atoms with Crippen molar-refractivity contribution in [3.05, 3.63) is 39.4 Å². The standard InChI is InChI=1S/C12H13ClN2O5/c1-7-3-4-8(15(18)19)5-9(7)11(16)14-6-10(13)12(17)20-2/h3-5,10H,6H2,1-2H3,(H,14,16). The van der Waals surface area contributed by atoms with Crippen LogP contribution < -0.4 is 5.32 Å². The van der Waals surface area contributed by atoms with Crippen LogP contribution in [0.15, 0.2) is 18.2 Å². The second-order valence-corrected chi connectivity index (χ2v) is 4.48. The number of amides is 1. The normalized spacial score (nSPS) is 11.6. The number of aryl methyl sites for hydroxylation is 1. The molecule has 0 radical (unpaired) electrons. The molecule has 0 bridgehead atoms. The van der Waals surface area contributed by atoms with Gasteiger partial charge in [0.05, 0.1) is 12.0 Å². The second kappa shape index (κ2) is 6.85. The number of carbonyl (C=O) groups is 2. The van der Waals surface area contributed by atoms with Gasteiger partial charge in [-0.15, -0.1) is 11.6 Å². The van der Waals surface area contributed by atoms with E-state index < -0.39 is 22.2 Å². The molecule has 20 heavy (non-hydrogen) atoms. The van der Waals surface area contributed by atoms with Crippen LogP contribution >= 0.6 is 11.6 Å². The van der Waals surface area contributed by atoms with Crippen molar-refractivity contribution >= 4 is 29.2 Å². The third kappa shape index (κ3) is 3.92. The molecule has 108 valence electrons. The highest BCUT2D eigenvalue weighted by Gasteiger charge is 2.19. The summed E-state index contributed by atoms with van der Waals surface area (Å²) < 4.78 is 4.41. The summed E-state index contributed by atoms with van der Waals surface area (Å²) in [7, 11) is 1.18. The van der Waals surface area contributed by atoms with Gasteiger partial charge in [0.2, 0.25) is 0 Å². The van der Waals surface area contributed by atoms with Crippen LogP contribution in [-0.4, -0.2) is 35.8 Å². The number of alkyl halides is 1. The van der Waals surface area contributed by atoms with Gasteiger partial charge < -0.3 is 10.1 Å². The Hall–Kier alpha value is -2.15. The fourth-order valence-electron chi connectivity index (χ4n) is 1.46. The molecular weight excluding hydrogens is 288 g/mol. The third-order valence-electron chi connectivity index (χ3n) is 2.58. The molecule has 1 aromatic rings. The quantitative estimate of drug-likeness (QED) is 0.384. The fraction of sp³-hybridized carbons (Fsp3) is 0.333. The van der Waals surface area contributed by atoms with Gasteiger partial charge in [-0.1, -0.05) is 6.07 Å². The predicted octanol–water partition coefficient (Wildman–Crippen LogP) is 1.41. The van der Waals surface area contributed by atoms with Crippen LogP contribution in [-0.2, 0) is 9.53 Å². The molecule has 0 saturated carbocycles. The number of nitro benzene ring substituents is 1. The summed E-state index contributed by atoms with van der Waals surface area (Å²) >= 11 is 5.69. The summed E-state index contributed by atoms with van der Waals surface area (Å²) in [4.78, 5) is 33.1. The number of rotatable bonds is 5. The Morgan fingerprint density at radius 2 is 2.15 bits per heavy atom. The first kappa shape index (κ1) is 15.9. The Balaban J connectivity index is 2.80. The van der Waals surface area contributed by atoms with E-state index in [1.165, 1.54) is 25.3 Å². The molecular formula is C12H13ClN2O5. The van der Waals surface area contributed by atoms with Crippen molar-refractivity contribution in [2.24, 2.45) is 0 Å². The minimum Gasteiger partial charge on any atom is -0.468 e. The highest BCUT2D eigenvalue weighted by Crippen LogP contribution is 2.17. The van der Waals surface area contributed by atoms with Crippen molar-refractivity contribution in [2.75, 3.05) is 13.7 Å². The SMILES string of the molecule is COC(=O)C(Cl)CNC(=O)c1cc([N+](=O)[O-])ccc1C. The number of nitro groups is 1. The average Bonchev–Trinajstić information content (AvgIpc) is 2.43. The van der Waals surface area contributed by atoms with Gasteiger partial charge in [-0.2, -0.15) is 0 Å². The highest BCUT2D eigenvalue weighted by molar-refractivity contribution is 6.30. The van der Waals surface area contributed by atoms with Crippen molar-refractivity contribution in [2.45, 2.75) is 12.3 Å². The first-order chi connectivity index (χ1) is 9.36. The van der Waals surface area contributed by atoms with Crippen LogP contribution in [0.2, 0.25) is 0 Å². The summed E-state index contributed by atoms with van der Waals surface area (Å²) in [5.74, 6) is -1.21. The first-order valence-corrected chi connectivity index (χ1v) is 6.05. The topological polar surface area (TPSA) is 98.5 Å². The lowest BCUT2D eigenvalue weighted by Crippen LogP contribution is -2.34. The summed E-state index contributed by atoms with van der Waals surface area (Å²) in [6.45, 7) is 1.52. The van der Waals surface area contributed by atoms with E-state index in [1.807, 2.05) is 0 Å². The van der Waals surface area contributed by atoms with Crippen molar-refractivity contribution in [3.8, 4) is 0 Å². The lowest BCUT2D eigenvalue weighted by molar-refractivity contribution is -0.384. The van der Waals surface area contributed by atoms with Crippen LogP contribution in [0.4, 0.5) is 5.69 Å². The van der Waals surface area contributed by atoms with E-state index in [4.69, 9.17) is 11.6 Å². The maximum absolute atomic E-state index is 11.9. The fourth-order valence-corrected chi connectivity index (χ4v) is 1.62. The minimum absolute atomic E-state index is 0.130. The van der Waals surface area contributed by atoms with Crippen LogP contribution in [0.3, 0.4) is 0 Å². The Bertz CT molecular complexity index is 547. The highest BCUT2D eigenvalue weighted by atomic mass is 35.5. The molecule has 0 fully saturated rings. The third-order valence-corrected chi connectivity index (χ3v) is 2.91. The first-order valence-electron chi connectivity index (χ1n) is 5.62. The van der Waals surface area contributed by atoms with Crippen LogP contribution in [0, 0.1) is 17.0 Å². The second-order valence-electron chi connectivity index (χ2n) is 3.96. The molecule has 1 amide bonds. The molecule has 7 nitrogen and oxygen atoms in total. The maximum atomic E-state index is 11.9. The molecule has 1 aromatic carbocycles. The number of non-ortho nitro benzene ring substituents is 1. The number of nitrogens with zero attached hydrogens (tertiary/aromatic N) is 1. The van der Waals surface area contributed by atoms with E-state index in [2.05, 4.69) is 10.1 Å². The number of hydrogen-bond acceptors (Lipinski definition) is 5. The molecule has 0 aliphatic rings. The van der Waals surface area contributed by atoms with Crippen LogP contribution in [0.5, 0.6) is 0 Å². The number of ether oxygens (including phenoxy) is 1. The molecule has 0 heterocycles. The van der Waals surface area contributed by atoms with E-state index in [9.17, 15) is 19.7 Å². The van der Waals surface area contributed by atoms with E-state index in [-0.39, 0.29) is 17.8 Å². The average molecular weight is 301 g/mol. The van der Waals surface area contributed by atoms with Crippen LogP contribution in [0.1, 0.15) is 15.9 Å². The van der Waals surface area contributed by atoms with Gasteiger partial charge in [0, 0.05) is 24.2 Å². The summed E-state index contributed by atoms with van der Waals surface area (Å²) in [6.07, 6.45) is 0. The lowest BCUT2D eigenvalue weighted by Gasteiger charge is -2.10. The zero-order valence-corrected chi connectivity index (χ0v) is 11.6. The van der Waals surface area contributed by atoms with E-state index in [0.717, 1.165) is 0 Å². The van der Waals surface area contributed by atoms with Gasteiger partial charge in [0.1, 0.15) is 5.38 Å². The molecule has 1 atom stereocenters. The predicted molar refractivity (Wildman–Crippen MR) is 71.8 cm³/mol. The zero-order chi connectivity index (χ0) is 15.3. The van der Waals surface area contributed by atoms with Crippen LogP contribution in [0.25, 0.3) is 0 Å². The Morgan fingerprint density at radius 3 is 2.70 bits per heavy atom. The molecule has 0 aromatic heterocycles. The molecule has 1 rings (SSSR count). The van der Waals surface area contributed by atoms with Crippen molar-refractivity contribution in [1.82, 2.24) is 5.32 Å². The van der Waals surface area contributed by atoms with Crippen molar-refractivity contribution in [3.63, 3.8) is 0 Å². The van der Waals surface area contributed by atoms with Gasteiger partial charge >= 0.3 is 5.97 Å². The number of carbonyl (C=O) groups excluding carboxylic acids is 2. The number of esters is 1. The van der Waals surface area contributed by atoms with Gasteiger partial charge in [0.25, 0.3) is 11.6 Å². The van der Waals surface area contributed by atoms with E-state index >= 15 is 0 Å². The Kier molecular flexibility index (Phi) is 5.45. The number of benzene rings is 1. The molecule has 8 heteroatoms. The molecule has 0 saturated heterocycles. The molecule has 0 aliphatic heterocycles. The summed E-state index contributed by atoms with van der Waals surface area (Å²) in [5, 5.41) is 12.1. The van der Waals surface area contributed by atoms with Crippen molar-refractivity contribution < 1.29 is 19.2 Å². The number of nitrogens with one attached hydrogen (secondary N) is 1. The zero-order valence-electron chi connectivity index (χ0n) is 10.9. The number of methoxy groups -OCH3 is 1. The monoisotopic (exact) mass is 300 g/mol. The number of halogens is 1. The summed E-state index contributed by atoms with van der Waals surface area (Å²) in [6, 6.07) is 3.96. The Morgan fingerprint density at radius 1 is 1.50 bits per heavy atom. The van der Waals surface area contributed by atoms with Crippen molar-refractivity contribution in [1.29, 1.82) is 0 Å². The van der Waals surface area contributed by atoms with Gasteiger partial charge in [0.15, 0.2) is 0 Å². The minimum atomic E-state index is -1.01.